The number of aromatic nitrogens is 2. The summed E-state index contributed by atoms with van der Waals surface area (Å²) in [5.74, 6) is -0.539. The Balaban J connectivity index is 1.72. The summed E-state index contributed by atoms with van der Waals surface area (Å²) in [6, 6.07) is 26.7. The molecule has 5 aromatic rings. The monoisotopic (exact) mass is 382 g/mol. The lowest BCUT2D eigenvalue weighted by atomic mass is 9.99. The number of halogens is 2. The van der Waals surface area contributed by atoms with Gasteiger partial charge >= 0.3 is 0 Å². The van der Waals surface area contributed by atoms with Gasteiger partial charge in [-0.05, 0) is 65.7 Å². The van der Waals surface area contributed by atoms with Crippen molar-refractivity contribution >= 4 is 5.65 Å². The maximum atomic E-state index is 13.4. The summed E-state index contributed by atoms with van der Waals surface area (Å²) in [7, 11) is 0. The maximum Gasteiger partial charge on any atom is 0.137 e. The fraction of sp³-hybridized carbons (Fsp3) is 0. The minimum absolute atomic E-state index is 0.259. The Morgan fingerprint density at radius 3 is 1.97 bits per heavy atom. The van der Waals surface area contributed by atoms with Gasteiger partial charge in [-0.2, -0.15) is 0 Å². The second-order valence-electron chi connectivity index (χ2n) is 6.83. The summed E-state index contributed by atoms with van der Waals surface area (Å²) in [5.41, 5.74) is 6.27. The van der Waals surface area contributed by atoms with E-state index >= 15 is 0 Å². The molecule has 140 valence electrons. The van der Waals surface area contributed by atoms with E-state index in [1.807, 2.05) is 47.0 Å². The van der Waals surface area contributed by atoms with Crippen LogP contribution in [0.2, 0.25) is 0 Å². The van der Waals surface area contributed by atoms with Crippen molar-refractivity contribution in [2.75, 3.05) is 0 Å². The van der Waals surface area contributed by atoms with Crippen LogP contribution in [-0.2, 0) is 0 Å². The van der Waals surface area contributed by atoms with E-state index in [9.17, 15) is 8.78 Å². The van der Waals surface area contributed by atoms with E-state index in [-0.39, 0.29) is 11.6 Å². The third kappa shape index (κ3) is 3.19. The second kappa shape index (κ2) is 6.99. The van der Waals surface area contributed by atoms with Gasteiger partial charge in [0.2, 0.25) is 0 Å². The number of nitrogens with zero attached hydrogens (tertiary/aromatic N) is 2. The van der Waals surface area contributed by atoms with E-state index in [0.29, 0.717) is 0 Å². The minimum Gasteiger partial charge on any atom is -0.299 e. The highest BCUT2D eigenvalue weighted by molar-refractivity contribution is 5.84. The van der Waals surface area contributed by atoms with Crippen LogP contribution in [0.4, 0.5) is 8.78 Å². The van der Waals surface area contributed by atoms with E-state index < -0.39 is 0 Å². The zero-order valence-corrected chi connectivity index (χ0v) is 15.4. The first-order chi connectivity index (χ1) is 14.2. The van der Waals surface area contributed by atoms with E-state index in [1.165, 1.54) is 24.3 Å². The van der Waals surface area contributed by atoms with Crippen molar-refractivity contribution in [1.29, 1.82) is 0 Å². The number of hydrogen-bond donors (Lipinski definition) is 0. The highest BCUT2D eigenvalue weighted by atomic mass is 19.1. The van der Waals surface area contributed by atoms with Crippen LogP contribution in [0.3, 0.4) is 0 Å². The maximum absolute atomic E-state index is 13.4. The summed E-state index contributed by atoms with van der Waals surface area (Å²) in [6.07, 6.45) is 1.97. The van der Waals surface area contributed by atoms with Crippen molar-refractivity contribution in [3.05, 3.63) is 109 Å². The van der Waals surface area contributed by atoms with Gasteiger partial charge < -0.3 is 0 Å². The quantitative estimate of drug-likeness (QED) is 0.343. The predicted molar refractivity (Wildman–Crippen MR) is 111 cm³/mol. The van der Waals surface area contributed by atoms with Gasteiger partial charge in [0.05, 0.1) is 11.4 Å². The molecule has 0 saturated carbocycles. The van der Waals surface area contributed by atoms with Crippen LogP contribution in [0.5, 0.6) is 0 Å². The van der Waals surface area contributed by atoms with Gasteiger partial charge in [-0.25, -0.2) is 13.8 Å². The lowest BCUT2D eigenvalue weighted by Crippen LogP contribution is -1.90. The molecule has 3 aromatic carbocycles. The normalized spacial score (nSPS) is 11.1. The van der Waals surface area contributed by atoms with E-state index in [2.05, 4.69) is 6.07 Å². The Kier molecular flexibility index (Phi) is 4.17. The Morgan fingerprint density at radius 1 is 0.586 bits per heavy atom. The first kappa shape index (κ1) is 17.3. The number of benzene rings is 3. The van der Waals surface area contributed by atoms with Gasteiger partial charge in [0.1, 0.15) is 17.3 Å². The molecule has 2 nitrogen and oxygen atoms in total. The van der Waals surface area contributed by atoms with Gasteiger partial charge in [-0.3, -0.25) is 4.40 Å². The van der Waals surface area contributed by atoms with Gasteiger partial charge in [-0.1, -0.05) is 36.4 Å². The van der Waals surface area contributed by atoms with Gasteiger partial charge in [-0.15, -0.1) is 0 Å². The molecule has 0 fully saturated rings. The third-order valence-corrected chi connectivity index (χ3v) is 4.96. The molecule has 29 heavy (non-hydrogen) atoms. The molecule has 2 heterocycles. The smallest absolute Gasteiger partial charge is 0.137 e. The van der Waals surface area contributed by atoms with E-state index in [0.717, 1.165) is 39.3 Å². The number of hydrogen-bond acceptors (Lipinski definition) is 1. The first-order valence-corrected chi connectivity index (χ1v) is 9.28. The molecule has 0 atom stereocenters. The topological polar surface area (TPSA) is 17.3 Å². The Hall–Kier alpha value is -3.79. The summed E-state index contributed by atoms with van der Waals surface area (Å²) in [6.45, 7) is 0. The molecule has 0 amide bonds. The van der Waals surface area contributed by atoms with Gasteiger partial charge in [0.25, 0.3) is 0 Å². The molecule has 0 aliphatic carbocycles. The average molecular weight is 382 g/mol. The molecular weight excluding hydrogens is 366 g/mol. The van der Waals surface area contributed by atoms with Crippen LogP contribution in [0.1, 0.15) is 0 Å². The zero-order valence-electron chi connectivity index (χ0n) is 15.4. The van der Waals surface area contributed by atoms with Gasteiger partial charge in [0.15, 0.2) is 0 Å². The molecule has 5 rings (SSSR count). The van der Waals surface area contributed by atoms with Crippen LogP contribution in [0.25, 0.3) is 39.3 Å². The van der Waals surface area contributed by atoms with Crippen LogP contribution in [-0.4, -0.2) is 9.38 Å². The number of rotatable bonds is 3. The predicted octanol–water partition coefficient (Wildman–Crippen LogP) is 6.61. The van der Waals surface area contributed by atoms with Gasteiger partial charge in [0, 0.05) is 17.3 Å². The van der Waals surface area contributed by atoms with Crippen molar-refractivity contribution in [3.63, 3.8) is 0 Å². The summed E-state index contributed by atoms with van der Waals surface area (Å²) in [5, 5.41) is 0. The molecule has 4 heteroatoms. The summed E-state index contributed by atoms with van der Waals surface area (Å²) in [4.78, 5) is 4.79. The Labute approximate surface area is 166 Å². The Morgan fingerprint density at radius 2 is 1.24 bits per heavy atom. The molecule has 0 aliphatic heterocycles. The highest BCUT2D eigenvalue weighted by Gasteiger charge is 2.16. The molecule has 2 aromatic heterocycles. The third-order valence-electron chi connectivity index (χ3n) is 4.96. The first-order valence-electron chi connectivity index (χ1n) is 9.28. The zero-order chi connectivity index (χ0) is 19.8. The van der Waals surface area contributed by atoms with Crippen molar-refractivity contribution in [3.8, 4) is 33.6 Å². The highest BCUT2D eigenvalue weighted by Crippen LogP contribution is 2.34. The van der Waals surface area contributed by atoms with E-state index in [4.69, 9.17) is 4.98 Å². The summed E-state index contributed by atoms with van der Waals surface area (Å²) >= 11 is 0. The minimum atomic E-state index is -0.280. The fourth-order valence-corrected chi connectivity index (χ4v) is 3.57. The molecule has 0 aliphatic rings. The average Bonchev–Trinajstić information content (AvgIpc) is 3.14. The lowest BCUT2D eigenvalue weighted by molar-refractivity contribution is 0.627. The summed E-state index contributed by atoms with van der Waals surface area (Å²) < 4.78 is 28.8. The number of imidazole rings is 1. The van der Waals surface area contributed by atoms with Crippen molar-refractivity contribution in [2.45, 2.75) is 0 Å². The lowest BCUT2D eigenvalue weighted by Gasteiger charge is -2.09. The van der Waals surface area contributed by atoms with Crippen LogP contribution < -0.4 is 0 Å². The van der Waals surface area contributed by atoms with Crippen LogP contribution in [0.15, 0.2) is 97.2 Å². The van der Waals surface area contributed by atoms with Crippen molar-refractivity contribution in [1.82, 2.24) is 9.38 Å². The molecule has 0 N–H and O–H groups in total. The van der Waals surface area contributed by atoms with Crippen LogP contribution in [0, 0.1) is 11.6 Å². The molecular formula is C25H16F2N2. The largest absolute Gasteiger partial charge is 0.299 e. The molecule has 0 saturated heterocycles. The second-order valence-corrected chi connectivity index (χ2v) is 6.83. The SMILES string of the molecule is Fc1ccc(-c2cccc(-c3c(-c4ccc(F)cc4)nc4ccccn34)c2)cc1. The van der Waals surface area contributed by atoms with E-state index in [1.54, 1.807) is 24.3 Å². The molecule has 0 bridgehead atoms. The standard InChI is InChI=1S/C25H16F2N2/c26-21-11-7-17(8-12-21)19-4-3-5-20(16-19)25-24(18-9-13-22(27)14-10-18)28-23-6-1-2-15-29(23)25/h1-16H. The number of fused-ring (bicyclic) bond motifs is 1. The van der Waals surface area contributed by atoms with Crippen LogP contribution >= 0.6 is 0 Å². The molecule has 0 unspecified atom stereocenters. The fourth-order valence-electron chi connectivity index (χ4n) is 3.57. The van der Waals surface area contributed by atoms with Crippen molar-refractivity contribution < 1.29 is 8.78 Å². The number of pyridine rings is 1. The van der Waals surface area contributed by atoms with Crippen molar-refractivity contribution in [2.24, 2.45) is 0 Å². The molecule has 0 radical (unpaired) electrons. The molecule has 0 spiro atoms. The Bertz CT molecular complexity index is 1300.